The summed E-state index contributed by atoms with van der Waals surface area (Å²) in [5, 5.41) is 0. The Labute approximate surface area is 89.2 Å². The fraction of sp³-hybridized carbons (Fsp3) is 0.250. The summed E-state index contributed by atoms with van der Waals surface area (Å²) in [4.78, 5) is 11.4. The van der Waals surface area contributed by atoms with Crippen LogP contribution in [0.25, 0.3) is 0 Å². The van der Waals surface area contributed by atoms with Gasteiger partial charge in [-0.3, -0.25) is 4.79 Å². The van der Waals surface area contributed by atoms with Gasteiger partial charge in [0, 0.05) is 12.1 Å². The van der Waals surface area contributed by atoms with Crippen molar-refractivity contribution in [1.29, 1.82) is 0 Å². The maximum atomic E-state index is 11.4. The normalized spacial score (nSPS) is 11.5. The van der Waals surface area contributed by atoms with E-state index < -0.39 is 5.92 Å². The van der Waals surface area contributed by atoms with E-state index in [0.717, 1.165) is 11.1 Å². The number of hydrogen-bond acceptors (Lipinski definition) is 3. The molecule has 0 heterocycles. The van der Waals surface area contributed by atoms with Crippen molar-refractivity contribution < 1.29 is 9.53 Å². The summed E-state index contributed by atoms with van der Waals surface area (Å²) in [6.45, 7) is 0.209. The first-order valence-corrected chi connectivity index (χ1v) is 4.57. The molecular formula is C12H13NO2. The molecule has 0 aliphatic carbocycles. The monoisotopic (exact) mass is 203 g/mol. The highest BCUT2D eigenvalue weighted by Gasteiger charge is 2.19. The van der Waals surface area contributed by atoms with Crippen LogP contribution in [0, 0.1) is 12.3 Å². The Hall–Kier alpha value is -1.79. The van der Waals surface area contributed by atoms with Crippen molar-refractivity contribution in [2.45, 2.75) is 5.92 Å². The van der Waals surface area contributed by atoms with E-state index >= 15 is 0 Å². The molecule has 0 aromatic heterocycles. The van der Waals surface area contributed by atoms with E-state index in [4.69, 9.17) is 12.2 Å². The number of carbonyl (C=O) groups excluding carboxylic acids is 1. The highest BCUT2D eigenvalue weighted by Crippen LogP contribution is 2.17. The predicted octanol–water partition coefficient (Wildman–Crippen LogP) is 0.883. The molecule has 0 radical (unpaired) electrons. The summed E-state index contributed by atoms with van der Waals surface area (Å²) < 4.78 is 4.66. The first-order valence-electron chi connectivity index (χ1n) is 4.57. The molecule has 0 bridgehead atoms. The molecule has 3 nitrogen and oxygen atoms in total. The molecule has 0 amide bonds. The molecule has 0 fully saturated rings. The molecule has 1 atom stereocenters. The second-order valence-electron chi connectivity index (χ2n) is 3.08. The molecule has 78 valence electrons. The van der Waals surface area contributed by atoms with Gasteiger partial charge in [0.15, 0.2) is 0 Å². The van der Waals surface area contributed by atoms with E-state index in [1.165, 1.54) is 7.11 Å². The quantitative estimate of drug-likeness (QED) is 0.586. The van der Waals surface area contributed by atoms with Gasteiger partial charge in [-0.05, 0) is 17.7 Å². The lowest BCUT2D eigenvalue weighted by Gasteiger charge is -2.12. The van der Waals surface area contributed by atoms with Crippen molar-refractivity contribution in [2.24, 2.45) is 5.73 Å². The van der Waals surface area contributed by atoms with Crippen LogP contribution in [0.3, 0.4) is 0 Å². The molecule has 15 heavy (non-hydrogen) atoms. The lowest BCUT2D eigenvalue weighted by molar-refractivity contribution is -0.142. The maximum Gasteiger partial charge on any atom is 0.314 e. The molecular weight excluding hydrogens is 190 g/mol. The van der Waals surface area contributed by atoms with E-state index in [9.17, 15) is 4.79 Å². The van der Waals surface area contributed by atoms with Gasteiger partial charge in [0.1, 0.15) is 0 Å². The third kappa shape index (κ3) is 2.58. The molecule has 1 aromatic carbocycles. The largest absolute Gasteiger partial charge is 0.469 e. The van der Waals surface area contributed by atoms with Crippen LogP contribution in [-0.4, -0.2) is 19.6 Å². The van der Waals surface area contributed by atoms with Gasteiger partial charge in [-0.1, -0.05) is 18.1 Å². The Kier molecular flexibility index (Phi) is 3.90. The van der Waals surface area contributed by atoms with Crippen LogP contribution in [0.1, 0.15) is 17.0 Å². The van der Waals surface area contributed by atoms with Crippen LogP contribution in [0.4, 0.5) is 0 Å². The van der Waals surface area contributed by atoms with E-state index in [0.29, 0.717) is 0 Å². The molecule has 3 heteroatoms. The number of hydrogen-bond donors (Lipinski definition) is 1. The number of ether oxygens (including phenoxy) is 1. The SMILES string of the molecule is C#Cc1cccc(C(CN)C(=O)OC)c1. The zero-order valence-corrected chi connectivity index (χ0v) is 8.57. The molecule has 0 spiro atoms. The Bertz CT molecular complexity index is 393. The zero-order valence-electron chi connectivity index (χ0n) is 8.57. The first-order chi connectivity index (χ1) is 7.22. The minimum absolute atomic E-state index is 0.209. The van der Waals surface area contributed by atoms with E-state index in [-0.39, 0.29) is 12.5 Å². The lowest BCUT2D eigenvalue weighted by atomic mass is 9.97. The summed E-state index contributed by atoms with van der Waals surface area (Å²) in [5.74, 6) is 1.73. The highest BCUT2D eigenvalue weighted by atomic mass is 16.5. The van der Waals surface area contributed by atoms with Crippen molar-refractivity contribution in [1.82, 2.24) is 0 Å². The van der Waals surface area contributed by atoms with Crippen LogP contribution >= 0.6 is 0 Å². The summed E-state index contributed by atoms with van der Waals surface area (Å²) in [7, 11) is 1.34. The molecule has 0 saturated carbocycles. The van der Waals surface area contributed by atoms with Gasteiger partial charge in [0.2, 0.25) is 0 Å². The number of methoxy groups -OCH3 is 1. The van der Waals surface area contributed by atoms with Gasteiger partial charge in [0.25, 0.3) is 0 Å². The average Bonchev–Trinajstić information content (AvgIpc) is 2.30. The molecule has 0 aliphatic heterocycles. The van der Waals surface area contributed by atoms with Crippen LogP contribution in [0.5, 0.6) is 0 Å². The molecule has 1 rings (SSSR count). The van der Waals surface area contributed by atoms with Crippen LogP contribution in [0.15, 0.2) is 24.3 Å². The van der Waals surface area contributed by atoms with Crippen LogP contribution in [-0.2, 0) is 9.53 Å². The molecule has 0 saturated heterocycles. The van der Waals surface area contributed by atoms with Crippen molar-refractivity contribution in [2.75, 3.05) is 13.7 Å². The lowest BCUT2D eigenvalue weighted by Crippen LogP contribution is -2.22. The standard InChI is InChI=1S/C12H13NO2/c1-3-9-5-4-6-10(7-9)11(8-13)12(14)15-2/h1,4-7,11H,8,13H2,2H3. The second kappa shape index (κ2) is 5.18. The number of carbonyl (C=O) groups is 1. The minimum atomic E-state index is -0.441. The van der Waals surface area contributed by atoms with Gasteiger partial charge < -0.3 is 10.5 Å². The van der Waals surface area contributed by atoms with Crippen molar-refractivity contribution in [3.05, 3.63) is 35.4 Å². The second-order valence-corrected chi connectivity index (χ2v) is 3.08. The summed E-state index contributed by atoms with van der Waals surface area (Å²) >= 11 is 0. The Morgan fingerprint density at radius 2 is 2.40 bits per heavy atom. The summed E-state index contributed by atoms with van der Waals surface area (Å²) in [6, 6.07) is 7.19. The topological polar surface area (TPSA) is 52.3 Å². The van der Waals surface area contributed by atoms with Crippen molar-refractivity contribution in [3.63, 3.8) is 0 Å². The number of rotatable bonds is 3. The Morgan fingerprint density at radius 3 is 2.93 bits per heavy atom. The van der Waals surface area contributed by atoms with E-state index in [2.05, 4.69) is 10.7 Å². The third-order valence-corrected chi connectivity index (χ3v) is 2.18. The molecule has 2 N–H and O–H groups in total. The van der Waals surface area contributed by atoms with E-state index in [1.54, 1.807) is 18.2 Å². The van der Waals surface area contributed by atoms with Gasteiger partial charge in [-0.2, -0.15) is 0 Å². The summed E-state index contributed by atoms with van der Waals surface area (Å²) in [5.41, 5.74) is 7.04. The van der Waals surface area contributed by atoms with Gasteiger partial charge in [-0.15, -0.1) is 6.42 Å². The van der Waals surface area contributed by atoms with Gasteiger partial charge in [-0.25, -0.2) is 0 Å². The first kappa shape index (κ1) is 11.3. The van der Waals surface area contributed by atoms with Crippen LogP contribution < -0.4 is 5.73 Å². The number of esters is 1. The van der Waals surface area contributed by atoms with Gasteiger partial charge >= 0.3 is 5.97 Å². The average molecular weight is 203 g/mol. The number of nitrogens with two attached hydrogens (primary N) is 1. The maximum absolute atomic E-state index is 11.4. The fourth-order valence-corrected chi connectivity index (χ4v) is 1.36. The van der Waals surface area contributed by atoms with Crippen molar-refractivity contribution in [3.8, 4) is 12.3 Å². The van der Waals surface area contributed by atoms with Crippen LogP contribution in [0.2, 0.25) is 0 Å². The van der Waals surface area contributed by atoms with Gasteiger partial charge in [0.05, 0.1) is 13.0 Å². The minimum Gasteiger partial charge on any atom is -0.469 e. The zero-order chi connectivity index (χ0) is 11.3. The Balaban J connectivity index is 3.02. The van der Waals surface area contributed by atoms with E-state index in [1.807, 2.05) is 6.07 Å². The Morgan fingerprint density at radius 1 is 1.67 bits per heavy atom. The molecule has 1 aromatic rings. The smallest absolute Gasteiger partial charge is 0.314 e. The predicted molar refractivity (Wildman–Crippen MR) is 58.2 cm³/mol. The number of benzene rings is 1. The third-order valence-electron chi connectivity index (χ3n) is 2.18. The molecule has 1 unspecified atom stereocenters. The van der Waals surface area contributed by atoms with Crippen molar-refractivity contribution >= 4 is 5.97 Å². The summed E-state index contributed by atoms with van der Waals surface area (Å²) in [6.07, 6.45) is 5.27. The molecule has 0 aliphatic rings. The number of terminal acetylenes is 1. The fourth-order valence-electron chi connectivity index (χ4n) is 1.36. The highest BCUT2D eigenvalue weighted by molar-refractivity contribution is 5.78.